The molecule has 0 saturated carbocycles. The van der Waals surface area contributed by atoms with Gasteiger partial charge in [0.2, 0.25) is 10.0 Å². The average Bonchev–Trinajstić information content (AvgIpc) is 2.75. The van der Waals surface area contributed by atoms with Gasteiger partial charge in [-0.2, -0.15) is 4.31 Å². The van der Waals surface area contributed by atoms with Crippen LogP contribution in [0.1, 0.15) is 36.7 Å². The van der Waals surface area contributed by atoms with Crippen molar-refractivity contribution in [2.45, 2.75) is 38.7 Å². The van der Waals surface area contributed by atoms with Crippen molar-refractivity contribution in [3.63, 3.8) is 0 Å². The van der Waals surface area contributed by atoms with Gasteiger partial charge in [0, 0.05) is 18.7 Å². The predicted molar refractivity (Wildman–Crippen MR) is 118 cm³/mol. The summed E-state index contributed by atoms with van der Waals surface area (Å²) in [5.41, 5.74) is 5.54. The summed E-state index contributed by atoms with van der Waals surface area (Å²) in [6.07, 6.45) is -0.936. The monoisotopic (exact) mass is 467 g/mol. The van der Waals surface area contributed by atoms with Gasteiger partial charge in [-0.1, -0.05) is 37.6 Å². The van der Waals surface area contributed by atoms with E-state index in [9.17, 15) is 18.0 Å². The van der Waals surface area contributed by atoms with Crippen molar-refractivity contribution in [1.29, 1.82) is 0 Å². The van der Waals surface area contributed by atoms with Gasteiger partial charge in [0.05, 0.1) is 9.92 Å². The Hall–Kier alpha value is -2.62. The third kappa shape index (κ3) is 6.19. The lowest BCUT2D eigenvalue weighted by Crippen LogP contribution is -2.47. The first kappa shape index (κ1) is 24.6. The molecule has 2 aromatic rings. The van der Waals surface area contributed by atoms with E-state index < -0.39 is 27.9 Å². The van der Waals surface area contributed by atoms with E-state index in [0.29, 0.717) is 23.9 Å². The number of ether oxygens (including phenoxy) is 1. The van der Waals surface area contributed by atoms with Gasteiger partial charge in [0.25, 0.3) is 11.8 Å². The molecule has 0 fully saturated rings. The van der Waals surface area contributed by atoms with Crippen LogP contribution in [-0.4, -0.2) is 43.7 Å². The number of hydrazine groups is 1. The molecule has 31 heavy (non-hydrogen) atoms. The molecule has 0 aliphatic carbocycles. The lowest BCUT2D eigenvalue weighted by atomic mass is 10.2. The van der Waals surface area contributed by atoms with Crippen LogP contribution in [0.5, 0.6) is 5.75 Å². The summed E-state index contributed by atoms with van der Waals surface area (Å²) in [6, 6.07) is 10.8. The molecule has 0 aliphatic rings. The smallest absolute Gasteiger partial charge is 0.279 e. The Bertz CT molecular complexity index is 1050. The van der Waals surface area contributed by atoms with Crippen LogP contribution in [0.3, 0.4) is 0 Å². The zero-order valence-electron chi connectivity index (χ0n) is 17.8. The lowest BCUT2D eigenvalue weighted by molar-refractivity contribution is -0.128. The van der Waals surface area contributed by atoms with Gasteiger partial charge in [0.15, 0.2) is 6.10 Å². The fraction of sp³-hybridized carbons (Fsp3) is 0.333. The highest BCUT2D eigenvalue weighted by Crippen LogP contribution is 2.26. The molecule has 0 aliphatic heterocycles. The highest BCUT2D eigenvalue weighted by atomic mass is 35.5. The van der Waals surface area contributed by atoms with Crippen molar-refractivity contribution in [1.82, 2.24) is 15.2 Å². The minimum Gasteiger partial charge on any atom is -0.479 e. The molecule has 0 spiro atoms. The van der Waals surface area contributed by atoms with Crippen molar-refractivity contribution in [3.8, 4) is 5.75 Å². The van der Waals surface area contributed by atoms with Gasteiger partial charge < -0.3 is 4.74 Å². The number of nitrogens with zero attached hydrogens (tertiary/aromatic N) is 1. The van der Waals surface area contributed by atoms with Crippen LogP contribution in [0.25, 0.3) is 0 Å². The molecule has 0 saturated heterocycles. The number of hydrogen-bond donors (Lipinski definition) is 2. The predicted octanol–water partition coefficient (Wildman–Crippen LogP) is 2.91. The molecule has 2 amide bonds. The van der Waals surface area contributed by atoms with E-state index in [0.717, 1.165) is 5.56 Å². The zero-order valence-corrected chi connectivity index (χ0v) is 19.4. The fourth-order valence-electron chi connectivity index (χ4n) is 2.75. The quantitative estimate of drug-likeness (QED) is 0.581. The van der Waals surface area contributed by atoms with Crippen LogP contribution in [0, 0.1) is 6.92 Å². The summed E-state index contributed by atoms with van der Waals surface area (Å²) >= 11 is 6.07. The van der Waals surface area contributed by atoms with Gasteiger partial charge in [-0.05, 0) is 49.7 Å². The van der Waals surface area contributed by atoms with E-state index in [1.165, 1.54) is 35.5 Å². The highest BCUT2D eigenvalue weighted by molar-refractivity contribution is 7.89. The summed E-state index contributed by atoms with van der Waals surface area (Å²) in [5.74, 6) is -0.909. The Morgan fingerprint density at radius 3 is 2.42 bits per heavy atom. The maximum atomic E-state index is 12.6. The maximum absolute atomic E-state index is 12.6. The van der Waals surface area contributed by atoms with Crippen LogP contribution in [0.2, 0.25) is 5.02 Å². The van der Waals surface area contributed by atoms with Crippen LogP contribution in [0.15, 0.2) is 47.4 Å². The third-order valence-corrected chi connectivity index (χ3v) is 6.86. The number of nitrogens with one attached hydrogen (secondary N) is 2. The highest BCUT2D eigenvalue weighted by Gasteiger charge is 2.23. The fourth-order valence-corrected chi connectivity index (χ4v) is 4.41. The van der Waals surface area contributed by atoms with Crippen molar-refractivity contribution in [3.05, 3.63) is 58.6 Å². The number of carbonyl (C=O) groups excluding carboxylic acids is 2. The topological polar surface area (TPSA) is 105 Å². The van der Waals surface area contributed by atoms with Crippen LogP contribution < -0.4 is 15.6 Å². The molecule has 2 aromatic carbocycles. The first-order valence-electron chi connectivity index (χ1n) is 9.73. The van der Waals surface area contributed by atoms with Gasteiger partial charge in [0.1, 0.15) is 5.75 Å². The Labute approximate surface area is 187 Å². The standard InChI is InChI=1S/C21H26ClN3O5S/c1-5-25(6-2)31(28,29)17-9-7-8-16(13-17)21(27)24-23-20(26)15(4)30-19-12-14(3)10-11-18(19)22/h7-13,15H,5-6H2,1-4H3,(H,23,26)(H,24,27). The average molecular weight is 468 g/mol. The maximum Gasteiger partial charge on any atom is 0.279 e. The molecule has 0 aromatic heterocycles. The van der Waals surface area contributed by atoms with E-state index in [1.807, 2.05) is 13.0 Å². The number of sulfonamides is 1. The summed E-state index contributed by atoms with van der Waals surface area (Å²) in [5, 5.41) is 0.362. The second-order valence-electron chi connectivity index (χ2n) is 6.75. The number of carbonyl (C=O) groups is 2. The molecular formula is C21H26ClN3O5S. The third-order valence-electron chi connectivity index (χ3n) is 4.50. The lowest BCUT2D eigenvalue weighted by Gasteiger charge is -2.19. The first-order chi connectivity index (χ1) is 14.6. The molecule has 2 N–H and O–H groups in total. The number of hydrogen-bond acceptors (Lipinski definition) is 5. The Kier molecular flexibility index (Phi) is 8.43. The van der Waals surface area contributed by atoms with E-state index in [4.69, 9.17) is 16.3 Å². The number of aryl methyl sites for hydroxylation is 1. The number of halogens is 1. The molecule has 8 nitrogen and oxygen atoms in total. The van der Waals surface area contributed by atoms with E-state index in [-0.39, 0.29) is 10.5 Å². The molecule has 1 unspecified atom stereocenters. The largest absolute Gasteiger partial charge is 0.479 e. The van der Waals surface area contributed by atoms with Gasteiger partial charge >= 0.3 is 0 Å². The molecule has 2 rings (SSSR count). The van der Waals surface area contributed by atoms with E-state index in [1.54, 1.807) is 26.0 Å². The van der Waals surface area contributed by atoms with E-state index >= 15 is 0 Å². The molecule has 0 heterocycles. The van der Waals surface area contributed by atoms with Gasteiger partial charge in [-0.15, -0.1) is 0 Å². The summed E-state index contributed by atoms with van der Waals surface area (Å²) in [4.78, 5) is 24.7. The Morgan fingerprint density at radius 2 is 1.77 bits per heavy atom. The molecular weight excluding hydrogens is 442 g/mol. The molecule has 168 valence electrons. The molecule has 1 atom stereocenters. The Morgan fingerprint density at radius 1 is 1.10 bits per heavy atom. The van der Waals surface area contributed by atoms with Crippen molar-refractivity contribution in [2.24, 2.45) is 0 Å². The minimum absolute atomic E-state index is 0.000896. The summed E-state index contributed by atoms with van der Waals surface area (Å²) in [6.45, 7) is 7.48. The van der Waals surface area contributed by atoms with E-state index in [2.05, 4.69) is 10.9 Å². The Balaban J connectivity index is 2.04. The second kappa shape index (κ2) is 10.6. The van der Waals surface area contributed by atoms with Gasteiger partial charge in [-0.25, -0.2) is 8.42 Å². The number of rotatable bonds is 8. The van der Waals surface area contributed by atoms with Crippen LogP contribution >= 0.6 is 11.6 Å². The normalized spacial score (nSPS) is 12.3. The SMILES string of the molecule is CCN(CC)S(=O)(=O)c1cccc(C(=O)NNC(=O)C(C)Oc2cc(C)ccc2Cl)c1. The zero-order chi connectivity index (χ0) is 23.2. The molecule has 10 heteroatoms. The van der Waals surface area contributed by atoms with Crippen LogP contribution in [-0.2, 0) is 14.8 Å². The molecule has 0 radical (unpaired) electrons. The minimum atomic E-state index is -3.71. The van der Waals surface area contributed by atoms with Crippen LogP contribution in [0.4, 0.5) is 0 Å². The number of benzene rings is 2. The second-order valence-corrected chi connectivity index (χ2v) is 9.10. The number of amides is 2. The first-order valence-corrected chi connectivity index (χ1v) is 11.5. The molecule has 0 bridgehead atoms. The summed E-state index contributed by atoms with van der Waals surface area (Å²) < 4.78 is 32.1. The van der Waals surface area contributed by atoms with Crippen molar-refractivity contribution < 1.29 is 22.7 Å². The van der Waals surface area contributed by atoms with Crippen molar-refractivity contribution in [2.75, 3.05) is 13.1 Å². The van der Waals surface area contributed by atoms with Crippen molar-refractivity contribution >= 4 is 33.4 Å². The summed E-state index contributed by atoms with van der Waals surface area (Å²) in [7, 11) is -3.71. The van der Waals surface area contributed by atoms with Gasteiger partial charge in [-0.3, -0.25) is 20.4 Å².